The number of hydrogen-bond acceptors (Lipinski definition) is 2. The molecule has 1 aliphatic carbocycles. The van der Waals surface area contributed by atoms with Gasteiger partial charge in [-0.3, -0.25) is 4.98 Å². The molecule has 0 aliphatic heterocycles. The summed E-state index contributed by atoms with van der Waals surface area (Å²) in [6, 6.07) is 6.98. The number of hydrogen-bond donors (Lipinski definition) is 1. The molecule has 0 aromatic carbocycles. The smallest absolute Gasteiger partial charge is 0.0447 e. The standard InChI is InChI=1S/C15H24N2/c1-2-13(15-10-6-7-11-16-15)12-17-14-8-4-3-5-9-14/h6-7,10-11,13-14,17H,2-5,8-9,12H2,1H3. The molecule has 0 spiro atoms. The minimum atomic E-state index is 0.568. The van der Waals surface area contributed by atoms with Crippen LogP contribution < -0.4 is 5.32 Å². The molecule has 17 heavy (non-hydrogen) atoms. The van der Waals surface area contributed by atoms with Crippen LogP contribution in [0.2, 0.25) is 0 Å². The van der Waals surface area contributed by atoms with Gasteiger partial charge in [0.25, 0.3) is 0 Å². The second-order valence-corrected chi connectivity index (χ2v) is 5.10. The molecule has 2 heteroatoms. The zero-order valence-electron chi connectivity index (χ0n) is 10.9. The van der Waals surface area contributed by atoms with Crippen molar-refractivity contribution in [2.24, 2.45) is 0 Å². The molecule has 94 valence electrons. The first-order valence-corrected chi connectivity index (χ1v) is 7.04. The van der Waals surface area contributed by atoms with E-state index < -0.39 is 0 Å². The van der Waals surface area contributed by atoms with Gasteiger partial charge in [-0.15, -0.1) is 0 Å². The van der Waals surface area contributed by atoms with E-state index in [0.717, 1.165) is 19.0 Å². The molecular formula is C15H24N2. The fourth-order valence-corrected chi connectivity index (χ4v) is 2.69. The third-order valence-corrected chi connectivity index (χ3v) is 3.86. The summed E-state index contributed by atoms with van der Waals surface area (Å²) in [6.07, 6.45) is 10.0. The normalized spacial score (nSPS) is 19.1. The first kappa shape index (κ1) is 12.6. The number of nitrogens with zero attached hydrogens (tertiary/aromatic N) is 1. The highest BCUT2D eigenvalue weighted by molar-refractivity contribution is 5.09. The summed E-state index contributed by atoms with van der Waals surface area (Å²) < 4.78 is 0. The molecule has 1 unspecified atom stereocenters. The van der Waals surface area contributed by atoms with Gasteiger partial charge in [-0.1, -0.05) is 32.3 Å². The summed E-state index contributed by atoms with van der Waals surface area (Å²) in [5.41, 5.74) is 1.23. The van der Waals surface area contributed by atoms with Gasteiger partial charge in [0, 0.05) is 30.4 Å². The Labute approximate surface area is 105 Å². The van der Waals surface area contributed by atoms with Crippen molar-refractivity contribution in [1.82, 2.24) is 10.3 Å². The highest BCUT2D eigenvalue weighted by Gasteiger charge is 2.16. The van der Waals surface area contributed by atoms with Crippen LogP contribution in [-0.4, -0.2) is 17.6 Å². The molecule has 1 aromatic heterocycles. The van der Waals surface area contributed by atoms with Gasteiger partial charge in [-0.05, 0) is 31.4 Å². The Morgan fingerprint density at radius 2 is 2.12 bits per heavy atom. The molecule has 1 heterocycles. The highest BCUT2D eigenvalue weighted by Crippen LogP contribution is 2.20. The fraction of sp³-hybridized carbons (Fsp3) is 0.667. The molecule has 0 bridgehead atoms. The lowest BCUT2D eigenvalue weighted by Gasteiger charge is -2.25. The van der Waals surface area contributed by atoms with Gasteiger partial charge in [0.15, 0.2) is 0 Å². The second-order valence-electron chi connectivity index (χ2n) is 5.10. The largest absolute Gasteiger partial charge is 0.313 e. The number of nitrogens with one attached hydrogen (secondary N) is 1. The minimum absolute atomic E-state index is 0.568. The van der Waals surface area contributed by atoms with Crippen LogP contribution in [0.3, 0.4) is 0 Å². The molecule has 1 atom stereocenters. The number of pyridine rings is 1. The van der Waals surface area contributed by atoms with E-state index in [0.29, 0.717) is 5.92 Å². The van der Waals surface area contributed by atoms with Crippen molar-refractivity contribution >= 4 is 0 Å². The van der Waals surface area contributed by atoms with E-state index in [2.05, 4.69) is 29.4 Å². The Morgan fingerprint density at radius 1 is 1.29 bits per heavy atom. The minimum Gasteiger partial charge on any atom is -0.313 e. The van der Waals surface area contributed by atoms with Crippen LogP contribution in [0.1, 0.15) is 57.1 Å². The molecule has 0 amide bonds. The second kappa shape index (κ2) is 6.75. The molecule has 1 N–H and O–H groups in total. The van der Waals surface area contributed by atoms with Gasteiger partial charge in [0.2, 0.25) is 0 Å². The van der Waals surface area contributed by atoms with Crippen LogP contribution in [-0.2, 0) is 0 Å². The molecule has 0 saturated heterocycles. The SMILES string of the molecule is CCC(CNC1CCCCC1)c1ccccn1. The maximum absolute atomic E-state index is 4.47. The van der Waals surface area contributed by atoms with E-state index in [-0.39, 0.29) is 0 Å². The first-order valence-electron chi connectivity index (χ1n) is 7.04. The summed E-state index contributed by atoms with van der Waals surface area (Å²) in [5, 5.41) is 3.73. The van der Waals surface area contributed by atoms with Crippen LogP contribution in [0.4, 0.5) is 0 Å². The van der Waals surface area contributed by atoms with Crippen LogP contribution in [0.15, 0.2) is 24.4 Å². The Balaban J connectivity index is 1.83. The van der Waals surface area contributed by atoms with Gasteiger partial charge in [0.05, 0.1) is 0 Å². The predicted octanol–water partition coefficient (Wildman–Crippen LogP) is 3.50. The van der Waals surface area contributed by atoms with Crippen molar-refractivity contribution in [1.29, 1.82) is 0 Å². The fourth-order valence-electron chi connectivity index (χ4n) is 2.69. The van der Waals surface area contributed by atoms with E-state index in [1.165, 1.54) is 37.8 Å². The third kappa shape index (κ3) is 3.81. The van der Waals surface area contributed by atoms with E-state index in [4.69, 9.17) is 0 Å². The van der Waals surface area contributed by atoms with Crippen molar-refractivity contribution in [3.8, 4) is 0 Å². The van der Waals surface area contributed by atoms with Crippen LogP contribution in [0, 0.1) is 0 Å². The summed E-state index contributed by atoms with van der Waals surface area (Å²) in [4.78, 5) is 4.47. The summed E-state index contributed by atoms with van der Waals surface area (Å²) in [7, 11) is 0. The van der Waals surface area contributed by atoms with Gasteiger partial charge >= 0.3 is 0 Å². The van der Waals surface area contributed by atoms with E-state index >= 15 is 0 Å². The topological polar surface area (TPSA) is 24.9 Å². The quantitative estimate of drug-likeness (QED) is 0.840. The van der Waals surface area contributed by atoms with Gasteiger partial charge in [-0.25, -0.2) is 0 Å². The maximum Gasteiger partial charge on any atom is 0.0447 e. The van der Waals surface area contributed by atoms with E-state index in [1.807, 2.05) is 12.3 Å². The lowest BCUT2D eigenvalue weighted by molar-refractivity contribution is 0.362. The van der Waals surface area contributed by atoms with Crippen LogP contribution in [0.25, 0.3) is 0 Å². The van der Waals surface area contributed by atoms with Crippen LogP contribution >= 0.6 is 0 Å². The summed E-state index contributed by atoms with van der Waals surface area (Å²) in [5.74, 6) is 0.568. The van der Waals surface area contributed by atoms with Crippen molar-refractivity contribution in [3.63, 3.8) is 0 Å². The summed E-state index contributed by atoms with van der Waals surface area (Å²) >= 11 is 0. The Kier molecular flexibility index (Phi) is 4.99. The molecule has 1 aromatic rings. The molecule has 0 radical (unpaired) electrons. The molecule has 2 rings (SSSR count). The molecule has 1 saturated carbocycles. The third-order valence-electron chi connectivity index (χ3n) is 3.86. The predicted molar refractivity (Wildman–Crippen MR) is 72.1 cm³/mol. The zero-order chi connectivity index (χ0) is 11.9. The monoisotopic (exact) mass is 232 g/mol. The Morgan fingerprint density at radius 3 is 2.76 bits per heavy atom. The highest BCUT2D eigenvalue weighted by atomic mass is 14.9. The molecule has 2 nitrogen and oxygen atoms in total. The lowest BCUT2D eigenvalue weighted by Crippen LogP contribution is -2.34. The summed E-state index contributed by atoms with van der Waals surface area (Å²) in [6.45, 7) is 3.33. The molecule has 1 aliphatic rings. The first-order chi connectivity index (χ1) is 8.40. The van der Waals surface area contributed by atoms with Crippen molar-refractivity contribution in [2.75, 3.05) is 6.54 Å². The average molecular weight is 232 g/mol. The Hall–Kier alpha value is -0.890. The maximum atomic E-state index is 4.47. The average Bonchev–Trinajstić information content (AvgIpc) is 2.42. The van der Waals surface area contributed by atoms with Gasteiger partial charge in [0.1, 0.15) is 0 Å². The van der Waals surface area contributed by atoms with Crippen molar-refractivity contribution in [2.45, 2.75) is 57.4 Å². The Bertz CT molecular complexity index is 304. The lowest BCUT2D eigenvalue weighted by atomic mass is 9.94. The van der Waals surface area contributed by atoms with E-state index in [1.54, 1.807) is 0 Å². The van der Waals surface area contributed by atoms with Crippen molar-refractivity contribution in [3.05, 3.63) is 30.1 Å². The zero-order valence-corrected chi connectivity index (χ0v) is 10.9. The molecule has 1 fully saturated rings. The number of rotatable bonds is 5. The van der Waals surface area contributed by atoms with E-state index in [9.17, 15) is 0 Å². The van der Waals surface area contributed by atoms with Crippen molar-refractivity contribution < 1.29 is 0 Å². The molecular weight excluding hydrogens is 208 g/mol. The van der Waals surface area contributed by atoms with Crippen LogP contribution in [0.5, 0.6) is 0 Å². The number of aromatic nitrogens is 1. The van der Waals surface area contributed by atoms with Gasteiger partial charge < -0.3 is 5.32 Å². The van der Waals surface area contributed by atoms with Gasteiger partial charge in [-0.2, -0.15) is 0 Å².